The molecule has 0 aromatic heterocycles. The van der Waals surface area contributed by atoms with E-state index in [1.54, 1.807) is 31.4 Å². The van der Waals surface area contributed by atoms with Gasteiger partial charge in [0.2, 0.25) is 0 Å². The number of methoxy groups -OCH3 is 1. The van der Waals surface area contributed by atoms with Crippen molar-refractivity contribution >= 4 is 5.97 Å². The molecule has 0 aliphatic rings. The average molecular weight is 266 g/mol. The summed E-state index contributed by atoms with van der Waals surface area (Å²) in [5.74, 6) is 0.444. The summed E-state index contributed by atoms with van der Waals surface area (Å²) in [5.41, 5.74) is 0.550. The third-order valence-electron chi connectivity index (χ3n) is 3.24. The Morgan fingerprint density at radius 3 is 2.32 bits per heavy atom. The van der Waals surface area contributed by atoms with Gasteiger partial charge in [0.1, 0.15) is 18.4 Å². The Kier molecular flexibility index (Phi) is 5.36. The maximum Gasteiger partial charge on any atom is 0.338 e. The minimum Gasteiger partial charge on any atom is -0.497 e. The Hall–Kier alpha value is -1.55. The molecule has 0 radical (unpaired) electrons. The normalized spacial score (nSPS) is 12.9. The zero-order valence-corrected chi connectivity index (χ0v) is 12.5. The number of carbonyl (C=O) groups excluding carboxylic acids is 1. The van der Waals surface area contributed by atoms with E-state index in [0.29, 0.717) is 5.56 Å². The van der Waals surface area contributed by atoms with E-state index < -0.39 is 0 Å². The van der Waals surface area contributed by atoms with Gasteiger partial charge in [0.25, 0.3) is 0 Å². The molecule has 0 bridgehead atoms. The number of ether oxygens (including phenoxy) is 2. The molecular formula is C15H24NO3+. The second kappa shape index (κ2) is 6.57. The molecule has 106 valence electrons. The number of benzene rings is 1. The average Bonchev–Trinajstić information content (AvgIpc) is 2.38. The van der Waals surface area contributed by atoms with Gasteiger partial charge in [-0.25, -0.2) is 4.79 Å². The third-order valence-corrected chi connectivity index (χ3v) is 3.24. The number of hydrogen-bond donors (Lipinski definition) is 0. The first-order chi connectivity index (χ1) is 8.88. The number of hydrogen-bond acceptors (Lipinski definition) is 3. The Labute approximate surface area is 115 Å². The molecule has 1 atom stereocenters. The van der Waals surface area contributed by atoms with Gasteiger partial charge < -0.3 is 14.0 Å². The number of rotatable bonds is 6. The van der Waals surface area contributed by atoms with Gasteiger partial charge in [-0.15, -0.1) is 0 Å². The molecule has 0 amide bonds. The van der Waals surface area contributed by atoms with Crippen LogP contribution in [0.3, 0.4) is 0 Å². The summed E-state index contributed by atoms with van der Waals surface area (Å²) in [6.45, 7) is 5.86. The van der Waals surface area contributed by atoms with E-state index >= 15 is 0 Å². The van der Waals surface area contributed by atoms with Gasteiger partial charge in [0.05, 0.1) is 33.3 Å². The highest BCUT2D eigenvalue weighted by atomic mass is 16.5. The lowest BCUT2D eigenvalue weighted by molar-refractivity contribution is -0.891. The molecule has 0 N–H and O–H groups in total. The number of esters is 1. The highest BCUT2D eigenvalue weighted by Gasteiger charge is 2.20. The molecule has 1 rings (SSSR count). The van der Waals surface area contributed by atoms with E-state index in [-0.39, 0.29) is 12.1 Å². The molecule has 0 saturated heterocycles. The highest BCUT2D eigenvalue weighted by molar-refractivity contribution is 5.89. The third kappa shape index (κ3) is 4.91. The molecule has 0 saturated carbocycles. The Morgan fingerprint density at radius 2 is 1.84 bits per heavy atom. The fourth-order valence-corrected chi connectivity index (χ4v) is 1.84. The first kappa shape index (κ1) is 15.5. The molecule has 0 fully saturated rings. The van der Waals surface area contributed by atoms with Gasteiger partial charge in [-0.3, -0.25) is 0 Å². The minimum absolute atomic E-state index is 0.107. The minimum atomic E-state index is -0.286. The van der Waals surface area contributed by atoms with Crippen LogP contribution in [0.1, 0.15) is 24.2 Å². The molecule has 19 heavy (non-hydrogen) atoms. The van der Waals surface area contributed by atoms with Crippen LogP contribution in [-0.4, -0.2) is 50.9 Å². The summed E-state index contributed by atoms with van der Waals surface area (Å²) >= 11 is 0. The van der Waals surface area contributed by atoms with Crippen molar-refractivity contribution in [3.63, 3.8) is 0 Å². The summed E-state index contributed by atoms with van der Waals surface area (Å²) in [4.78, 5) is 12.0. The van der Waals surface area contributed by atoms with Crippen LogP contribution in [0.25, 0.3) is 0 Å². The van der Waals surface area contributed by atoms with Gasteiger partial charge in [0, 0.05) is 0 Å². The van der Waals surface area contributed by atoms with E-state index in [1.807, 2.05) is 6.92 Å². The van der Waals surface area contributed by atoms with Crippen molar-refractivity contribution in [3.8, 4) is 5.75 Å². The van der Waals surface area contributed by atoms with Gasteiger partial charge in [-0.2, -0.15) is 0 Å². The Balaban J connectivity index is 2.58. The smallest absolute Gasteiger partial charge is 0.338 e. The van der Waals surface area contributed by atoms with Crippen molar-refractivity contribution < 1.29 is 18.8 Å². The summed E-state index contributed by atoms with van der Waals surface area (Å²) in [7, 11) is 5.84. The highest BCUT2D eigenvalue weighted by Crippen LogP contribution is 2.13. The largest absolute Gasteiger partial charge is 0.497 e. The number of carbonyl (C=O) groups is 1. The Morgan fingerprint density at radius 1 is 1.26 bits per heavy atom. The molecular weight excluding hydrogens is 242 g/mol. The lowest BCUT2D eigenvalue weighted by atomic mass is 10.2. The predicted molar refractivity (Wildman–Crippen MR) is 75.4 cm³/mol. The Bertz CT molecular complexity index is 412. The maximum absolute atomic E-state index is 12.0. The first-order valence-electron chi connectivity index (χ1n) is 6.55. The van der Waals surface area contributed by atoms with E-state index in [9.17, 15) is 4.79 Å². The van der Waals surface area contributed by atoms with Crippen LogP contribution in [0.5, 0.6) is 5.75 Å². The van der Waals surface area contributed by atoms with E-state index in [0.717, 1.165) is 23.3 Å². The first-order valence-corrected chi connectivity index (χ1v) is 6.55. The molecule has 4 nitrogen and oxygen atoms in total. The van der Waals surface area contributed by atoms with Gasteiger partial charge in [0.15, 0.2) is 0 Å². The number of likely N-dealkylation sites (N-methyl/N-ethyl adjacent to an activating group) is 1. The molecule has 1 aromatic rings. The van der Waals surface area contributed by atoms with Crippen LogP contribution >= 0.6 is 0 Å². The van der Waals surface area contributed by atoms with Crippen molar-refractivity contribution in [2.75, 3.05) is 34.3 Å². The van der Waals surface area contributed by atoms with Gasteiger partial charge in [-0.05, 0) is 38.1 Å². The van der Waals surface area contributed by atoms with Crippen LogP contribution < -0.4 is 4.74 Å². The van der Waals surface area contributed by atoms with Gasteiger partial charge in [-0.1, -0.05) is 0 Å². The molecule has 0 unspecified atom stereocenters. The van der Waals surface area contributed by atoms with Crippen LogP contribution in [0, 0.1) is 0 Å². The van der Waals surface area contributed by atoms with Crippen LogP contribution in [0.2, 0.25) is 0 Å². The lowest BCUT2D eigenvalue weighted by Gasteiger charge is -2.30. The quantitative estimate of drug-likeness (QED) is 0.585. The molecule has 0 heterocycles. The van der Waals surface area contributed by atoms with Crippen molar-refractivity contribution in [1.82, 2.24) is 0 Å². The molecule has 4 heteroatoms. The monoisotopic (exact) mass is 266 g/mol. The molecule has 0 aliphatic carbocycles. The van der Waals surface area contributed by atoms with Crippen molar-refractivity contribution in [1.29, 1.82) is 0 Å². The summed E-state index contributed by atoms with van der Waals surface area (Å²) in [6.07, 6.45) is -0.107. The van der Waals surface area contributed by atoms with E-state index in [1.165, 1.54) is 0 Å². The molecule has 0 spiro atoms. The second-order valence-electron chi connectivity index (χ2n) is 5.38. The predicted octanol–water partition coefficient (Wildman–Crippen LogP) is 2.34. The van der Waals surface area contributed by atoms with E-state index in [2.05, 4.69) is 21.0 Å². The van der Waals surface area contributed by atoms with Crippen molar-refractivity contribution in [3.05, 3.63) is 29.8 Å². The lowest BCUT2D eigenvalue weighted by Crippen LogP contribution is -2.45. The van der Waals surface area contributed by atoms with Crippen LogP contribution in [0.15, 0.2) is 24.3 Å². The van der Waals surface area contributed by atoms with E-state index in [4.69, 9.17) is 9.47 Å². The van der Waals surface area contributed by atoms with Crippen LogP contribution in [0.4, 0.5) is 0 Å². The summed E-state index contributed by atoms with van der Waals surface area (Å²) in [5, 5.41) is 0. The zero-order valence-electron chi connectivity index (χ0n) is 12.5. The topological polar surface area (TPSA) is 35.5 Å². The zero-order chi connectivity index (χ0) is 14.5. The number of quaternary nitrogens is 1. The maximum atomic E-state index is 12.0. The SMILES string of the molecule is CC[N+](C)(C)C[C@@H](C)OC(=O)c1ccc(OC)cc1. The second-order valence-corrected chi connectivity index (χ2v) is 5.38. The molecule has 1 aromatic carbocycles. The summed E-state index contributed by atoms with van der Waals surface area (Å²) < 4.78 is 11.3. The van der Waals surface area contributed by atoms with Crippen molar-refractivity contribution in [2.24, 2.45) is 0 Å². The fraction of sp³-hybridized carbons (Fsp3) is 0.533. The number of nitrogens with zero attached hydrogens (tertiary/aromatic N) is 1. The van der Waals surface area contributed by atoms with Crippen LogP contribution in [-0.2, 0) is 4.74 Å². The fourth-order valence-electron chi connectivity index (χ4n) is 1.84. The standard InChI is InChI=1S/C15H24NO3/c1-6-16(3,4)11-12(2)19-15(17)13-7-9-14(18-5)10-8-13/h7-10,12H,6,11H2,1-5H3/q+1/t12-/m1/s1. The molecule has 0 aliphatic heterocycles. The van der Waals surface area contributed by atoms with Gasteiger partial charge >= 0.3 is 5.97 Å². The summed E-state index contributed by atoms with van der Waals surface area (Å²) in [6, 6.07) is 6.95. The van der Waals surface area contributed by atoms with Crippen molar-refractivity contribution in [2.45, 2.75) is 20.0 Å².